The van der Waals surface area contributed by atoms with Gasteiger partial charge in [0.25, 0.3) is 0 Å². The van der Waals surface area contributed by atoms with Gasteiger partial charge in [0.1, 0.15) is 0 Å². The minimum Gasteiger partial charge on any atom is -0.300 e. The molecule has 2 aromatic rings. The summed E-state index contributed by atoms with van der Waals surface area (Å²) in [6.07, 6.45) is -1.84. The van der Waals surface area contributed by atoms with Gasteiger partial charge in [0.2, 0.25) is 0 Å². The minimum atomic E-state index is -4.15. The van der Waals surface area contributed by atoms with Crippen molar-refractivity contribution >= 4 is 12.2 Å². The van der Waals surface area contributed by atoms with Crippen molar-refractivity contribution in [3.63, 3.8) is 0 Å². The molecule has 8 heteroatoms. The van der Waals surface area contributed by atoms with Gasteiger partial charge in [0, 0.05) is 30.9 Å². The fourth-order valence-corrected chi connectivity index (χ4v) is 1.91. The number of nitrogens with zero attached hydrogens (tertiary/aromatic N) is 3. The van der Waals surface area contributed by atoms with Gasteiger partial charge in [-0.25, -0.2) is 0 Å². The first-order chi connectivity index (χ1) is 8.97. The van der Waals surface area contributed by atoms with Crippen molar-refractivity contribution in [1.82, 2.24) is 19.7 Å². The summed E-state index contributed by atoms with van der Waals surface area (Å²) in [6.45, 7) is 0.173. The van der Waals surface area contributed by atoms with Gasteiger partial charge < -0.3 is 4.57 Å². The Morgan fingerprint density at radius 1 is 1.26 bits per heavy atom. The first-order valence-electron chi connectivity index (χ1n) is 5.60. The van der Waals surface area contributed by atoms with E-state index in [2.05, 4.69) is 15.2 Å². The number of hydrogen-bond donors (Lipinski definition) is 1. The van der Waals surface area contributed by atoms with Crippen LogP contribution in [-0.2, 0) is 6.54 Å². The van der Waals surface area contributed by atoms with Gasteiger partial charge in [-0.05, 0) is 30.8 Å². The number of H-pyrrole nitrogens is 1. The number of nitrogens with one attached hydrogen (secondary N) is 1. The summed E-state index contributed by atoms with van der Waals surface area (Å²) < 4.78 is 38.3. The zero-order valence-corrected chi connectivity index (χ0v) is 10.6. The lowest BCUT2D eigenvalue weighted by atomic mass is 10.2. The third kappa shape index (κ3) is 3.63. The lowest BCUT2D eigenvalue weighted by Crippen LogP contribution is -2.10. The minimum absolute atomic E-state index is 0.0323. The Balaban J connectivity index is 2.17. The molecule has 0 aliphatic rings. The predicted octanol–water partition coefficient (Wildman–Crippen LogP) is 3.35. The van der Waals surface area contributed by atoms with Crippen LogP contribution in [0.5, 0.6) is 0 Å². The number of rotatable bonds is 4. The molecule has 0 saturated carbocycles. The Kier molecular flexibility index (Phi) is 3.98. The molecule has 0 atom stereocenters. The molecule has 19 heavy (non-hydrogen) atoms. The van der Waals surface area contributed by atoms with Gasteiger partial charge in [0.05, 0.1) is 0 Å². The molecule has 2 aromatic heterocycles. The summed E-state index contributed by atoms with van der Waals surface area (Å²) in [6, 6.07) is 3.45. The molecule has 2 heterocycles. The first-order valence-corrected chi connectivity index (χ1v) is 6.00. The molecular formula is C11H11F3N4S. The molecule has 0 spiro atoms. The lowest BCUT2D eigenvalue weighted by molar-refractivity contribution is -0.135. The van der Waals surface area contributed by atoms with Crippen LogP contribution in [0.3, 0.4) is 0 Å². The third-order valence-corrected chi connectivity index (χ3v) is 2.85. The molecule has 2 rings (SSSR count). The van der Waals surface area contributed by atoms with Crippen LogP contribution in [0, 0.1) is 4.77 Å². The van der Waals surface area contributed by atoms with Crippen LogP contribution >= 0.6 is 12.2 Å². The molecule has 0 unspecified atom stereocenters. The number of alkyl halides is 3. The first kappa shape index (κ1) is 13.7. The summed E-state index contributed by atoms with van der Waals surface area (Å²) in [5.74, 6) is 0.523. The van der Waals surface area contributed by atoms with E-state index in [1.807, 2.05) is 0 Å². The average molecular weight is 288 g/mol. The average Bonchev–Trinajstić information content (AvgIpc) is 2.71. The maximum absolute atomic E-state index is 12.1. The molecule has 0 bridgehead atoms. The molecule has 0 fully saturated rings. The number of pyridine rings is 1. The van der Waals surface area contributed by atoms with Crippen LogP contribution in [0.4, 0.5) is 13.2 Å². The van der Waals surface area contributed by atoms with E-state index in [1.165, 1.54) is 0 Å². The second-order valence-corrected chi connectivity index (χ2v) is 4.35. The van der Waals surface area contributed by atoms with Crippen molar-refractivity contribution < 1.29 is 13.2 Å². The van der Waals surface area contributed by atoms with E-state index >= 15 is 0 Å². The van der Waals surface area contributed by atoms with E-state index in [9.17, 15) is 13.2 Å². The molecule has 0 radical (unpaired) electrons. The highest BCUT2D eigenvalue weighted by molar-refractivity contribution is 7.71. The molecule has 0 aromatic carbocycles. The summed E-state index contributed by atoms with van der Waals surface area (Å²) in [5.41, 5.74) is 0.759. The Hall–Kier alpha value is -1.70. The van der Waals surface area contributed by atoms with Gasteiger partial charge >= 0.3 is 6.18 Å². The van der Waals surface area contributed by atoms with Crippen molar-refractivity contribution in [2.75, 3.05) is 0 Å². The maximum Gasteiger partial charge on any atom is 0.389 e. The summed E-state index contributed by atoms with van der Waals surface area (Å²) in [7, 11) is 0. The Labute approximate surface area is 112 Å². The van der Waals surface area contributed by atoms with E-state index in [0.29, 0.717) is 10.6 Å². The SMILES string of the molecule is FC(F)(F)CCCn1c(-c2ccncc2)n[nH]c1=S. The highest BCUT2D eigenvalue weighted by Gasteiger charge is 2.26. The number of aromatic amines is 1. The van der Waals surface area contributed by atoms with E-state index in [1.54, 1.807) is 29.1 Å². The van der Waals surface area contributed by atoms with Crippen LogP contribution in [0.1, 0.15) is 12.8 Å². The summed E-state index contributed by atoms with van der Waals surface area (Å²) in [5, 5.41) is 6.64. The molecule has 102 valence electrons. The van der Waals surface area contributed by atoms with Crippen molar-refractivity contribution in [3.05, 3.63) is 29.3 Å². The van der Waals surface area contributed by atoms with Crippen LogP contribution in [0.25, 0.3) is 11.4 Å². The fraction of sp³-hybridized carbons (Fsp3) is 0.364. The maximum atomic E-state index is 12.1. The second-order valence-electron chi connectivity index (χ2n) is 3.96. The van der Waals surface area contributed by atoms with Crippen molar-refractivity contribution in [2.24, 2.45) is 0 Å². The molecule has 0 aliphatic heterocycles. The normalized spacial score (nSPS) is 11.7. The van der Waals surface area contributed by atoms with Crippen LogP contribution < -0.4 is 0 Å². The zero-order chi connectivity index (χ0) is 13.9. The van der Waals surface area contributed by atoms with E-state index in [-0.39, 0.29) is 13.0 Å². The molecule has 0 saturated heterocycles. The molecule has 1 N–H and O–H groups in total. The predicted molar refractivity (Wildman–Crippen MR) is 65.9 cm³/mol. The quantitative estimate of drug-likeness (QED) is 0.878. The Bertz CT molecular complexity index is 588. The number of hydrogen-bond acceptors (Lipinski definition) is 3. The van der Waals surface area contributed by atoms with E-state index < -0.39 is 12.6 Å². The van der Waals surface area contributed by atoms with Gasteiger partial charge in [-0.15, -0.1) is 0 Å². The van der Waals surface area contributed by atoms with Crippen LogP contribution in [0.2, 0.25) is 0 Å². The van der Waals surface area contributed by atoms with Crippen LogP contribution in [-0.4, -0.2) is 25.9 Å². The van der Waals surface area contributed by atoms with Gasteiger partial charge in [0.15, 0.2) is 10.6 Å². The Morgan fingerprint density at radius 3 is 2.58 bits per heavy atom. The number of aromatic nitrogens is 4. The largest absolute Gasteiger partial charge is 0.389 e. The molecule has 0 aliphatic carbocycles. The smallest absolute Gasteiger partial charge is 0.300 e. The second kappa shape index (κ2) is 5.52. The standard InChI is InChI=1S/C11H11F3N4S/c12-11(13,14)4-1-7-18-9(16-17-10(18)19)8-2-5-15-6-3-8/h2-3,5-6H,1,4,7H2,(H,17,19). The van der Waals surface area contributed by atoms with Gasteiger partial charge in [-0.1, -0.05) is 0 Å². The highest BCUT2D eigenvalue weighted by Crippen LogP contribution is 2.23. The Morgan fingerprint density at radius 2 is 1.95 bits per heavy atom. The van der Waals surface area contributed by atoms with Crippen LogP contribution in [0.15, 0.2) is 24.5 Å². The van der Waals surface area contributed by atoms with E-state index in [4.69, 9.17) is 12.2 Å². The zero-order valence-electron chi connectivity index (χ0n) is 9.81. The highest BCUT2D eigenvalue weighted by atomic mass is 32.1. The van der Waals surface area contributed by atoms with Gasteiger partial charge in [-0.3, -0.25) is 10.1 Å². The molecule has 0 amide bonds. The fourth-order valence-electron chi connectivity index (χ4n) is 1.68. The third-order valence-electron chi connectivity index (χ3n) is 2.54. The lowest BCUT2D eigenvalue weighted by Gasteiger charge is -2.08. The topological polar surface area (TPSA) is 46.5 Å². The molecular weight excluding hydrogens is 277 g/mol. The summed E-state index contributed by atoms with van der Waals surface area (Å²) in [4.78, 5) is 3.88. The van der Waals surface area contributed by atoms with E-state index in [0.717, 1.165) is 5.56 Å². The van der Waals surface area contributed by atoms with Crippen molar-refractivity contribution in [2.45, 2.75) is 25.6 Å². The van der Waals surface area contributed by atoms with Gasteiger partial charge in [-0.2, -0.15) is 18.3 Å². The molecule has 4 nitrogen and oxygen atoms in total. The van der Waals surface area contributed by atoms with Crippen molar-refractivity contribution in [3.8, 4) is 11.4 Å². The monoisotopic (exact) mass is 288 g/mol. The summed E-state index contributed by atoms with van der Waals surface area (Å²) >= 11 is 5.03. The van der Waals surface area contributed by atoms with Crippen molar-refractivity contribution in [1.29, 1.82) is 0 Å². The number of halogens is 3.